The number of hydrogen-bond acceptors (Lipinski definition) is 7. The van der Waals surface area contributed by atoms with Crippen LogP contribution in [0.2, 0.25) is 0 Å². The standard InChI is InChI=1S/C21H20N4O3S2/c1-12(2)28-19-9-6-13(10-14(19)11-22)21-23-20(24-29-21)17-5-3-4-16-15(17)7-8-18(16)25-30(26)27/h3-6,9-10,12,18,30H,7-8H2,1-2H3,(H,25,26,27)/t18-/m0/s1. The molecule has 1 heterocycles. The first kappa shape index (κ1) is 20.5. The molecule has 1 N–H and O–H groups in total. The van der Waals surface area contributed by atoms with Gasteiger partial charge in [-0.15, -0.1) is 0 Å². The Labute approximate surface area is 180 Å². The normalized spacial score (nSPS) is 15.4. The van der Waals surface area contributed by atoms with Gasteiger partial charge in [0.25, 0.3) is 0 Å². The highest BCUT2D eigenvalue weighted by Gasteiger charge is 2.26. The van der Waals surface area contributed by atoms with Crippen LogP contribution < -0.4 is 9.46 Å². The van der Waals surface area contributed by atoms with E-state index in [9.17, 15) is 13.7 Å². The van der Waals surface area contributed by atoms with Crippen molar-refractivity contribution in [2.24, 2.45) is 0 Å². The summed E-state index contributed by atoms with van der Waals surface area (Å²) in [5.74, 6) is 1.16. The van der Waals surface area contributed by atoms with Gasteiger partial charge >= 0.3 is 0 Å². The maximum Gasteiger partial charge on any atom is 0.201 e. The number of benzene rings is 2. The Morgan fingerprint density at radius 2 is 2.13 bits per heavy atom. The predicted octanol–water partition coefficient (Wildman–Crippen LogP) is 3.63. The first-order valence-corrected chi connectivity index (χ1v) is 11.5. The van der Waals surface area contributed by atoms with Crippen molar-refractivity contribution in [2.75, 3.05) is 0 Å². The van der Waals surface area contributed by atoms with Crippen LogP contribution in [-0.2, 0) is 17.3 Å². The number of fused-ring (bicyclic) bond motifs is 1. The lowest BCUT2D eigenvalue weighted by Gasteiger charge is -2.11. The molecule has 2 aromatic carbocycles. The van der Waals surface area contributed by atoms with Gasteiger partial charge in [-0.2, -0.15) is 9.64 Å². The zero-order valence-corrected chi connectivity index (χ0v) is 18.2. The number of nitriles is 1. The van der Waals surface area contributed by atoms with Gasteiger partial charge < -0.3 is 4.74 Å². The largest absolute Gasteiger partial charge is 0.490 e. The number of hydrogen-bond donors (Lipinski definition) is 2. The lowest BCUT2D eigenvalue weighted by molar-refractivity contribution is 0.242. The van der Waals surface area contributed by atoms with Crippen LogP contribution in [0.4, 0.5) is 0 Å². The third-order valence-electron chi connectivity index (χ3n) is 4.91. The molecule has 1 aliphatic carbocycles. The number of ether oxygens (including phenoxy) is 1. The van der Waals surface area contributed by atoms with E-state index in [0.29, 0.717) is 22.1 Å². The molecule has 0 unspecified atom stereocenters. The summed E-state index contributed by atoms with van der Waals surface area (Å²) in [6, 6.07) is 13.2. The van der Waals surface area contributed by atoms with Crippen LogP contribution in [0, 0.1) is 11.3 Å². The minimum atomic E-state index is -2.66. The summed E-state index contributed by atoms with van der Waals surface area (Å²) in [6.07, 6.45) is 1.46. The molecule has 0 bridgehead atoms. The minimum absolute atomic E-state index is 0.0191. The van der Waals surface area contributed by atoms with Crippen LogP contribution in [0.15, 0.2) is 36.4 Å². The Kier molecular flexibility index (Phi) is 5.81. The smallest absolute Gasteiger partial charge is 0.201 e. The highest BCUT2D eigenvalue weighted by molar-refractivity contribution is 7.70. The summed E-state index contributed by atoms with van der Waals surface area (Å²) in [5.41, 5.74) is 4.24. The van der Waals surface area contributed by atoms with E-state index >= 15 is 0 Å². The molecule has 4 rings (SSSR count). The van der Waals surface area contributed by atoms with Crippen molar-refractivity contribution in [2.45, 2.75) is 38.8 Å². The molecule has 0 spiro atoms. The van der Waals surface area contributed by atoms with E-state index in [-0.39, 0.29) is 12.1 Å². The monoisotopic (exact) mass is 440 g/mol. The van der Waals surface area contributed by atoms with Crippen LogP contribution in [0.5, 0.6) is 5.75 Å². The second-order valence-electron chi connectivity index (χ2n) is 7.26. The van der Waals surface area contributed by atoms with Gasteiger partial charge in [0.15, 0.2) is 5.82 Å². The Bertz CT molecular complexity index is 1200. The summed E-state index contributed by atoms with van der Waals surface area (Å²) in [7, 11) is -2.66. The third-order valence-corrected chi connectivity index (χ3v) is 6.20. The van der Waals surface area contributed by atoms with E-state index in [0.717, 1.165) is 35.1 Å². The number of aromatic nitrogens is 2. The van der Waals surface area contributed by atoms with Crippen LogP contribution in [0.25, 0.3) is 22.0 Å². The zero-order chi connectivity index (χ0) is 21.3. The second-order valence-corrected chi connectivity index (χ2v) is 8.79. The Morgan fingerprint density at radius 1 is 1.30 bits per heavy atom. The van der Waals surface area contributed by atoms with Gasteiger partial charge in [-0.25, -0.2) is 18.1 Å². The highest BCUT2D eigenvalue weighted by atomic mass is 32.2. The fraction of sp³-hybridized carbons (Fsp3) is 0.286. The molecular weight excluding hydrogens is 420 g/mol. The second kappa shape index (κ2) is 8.52. The molecule has 7 nitrogen and oxygen atoms in total. The molecule has 0 saturated carbocycles. The highest BCUT2D eigenvalue weighted by Crippen LogP contribution is 2.38. The van der Waals surface area contributed by atoms with E-state index < -0.39 is 10.9 Å². The van der Waals surface area contributed by atoms with Crippen molar-refractivity contribution in [3.63, 3.8) is 0 Å². The van der Waals surface area contributed by atoms with E-state index in [4.69, 9.17) is 9.72 Å². The quantitative estimate of drug-likeness (QED) is 0.567. The van der Waals surface area contributed by atoms with Crippen molar-refractivity contribution >= 4 is 22.4 Å². The number of thiol groups is 1. The fourth-order valence-electron chi connectivity index (χ4n) is 3.68. The van der Waals surface area contributed by atoms with Crippen LogP contribution in [0.3, 0.4) is 0 Å². The molecule has 0 radical (unpaired) electrons. The molecule has 0 fully saturated rings. The van der Waals surface area contributed by atoms with Crippen LogP contribution in [0.1, 0.15) is 43.0 Å². The summed E-state index contributed by atoms with van der Waals surface area (Å²) in [4.78, 5) is 4.70. The molecule has 1 aromatic heterocycles. The molecule has 0 aliphatic heterocycles. The molecule has 9 heteroatoms. The summed E-state index contributed by atoms with van der Waals surface area (Å²) in [6.45, 7) is 3.83. The predicted molar refractivity (Wildman–Crippen MR) is 116 cm³/mol. The molecule has 30 heavy (non-hydrogen) atoms. The Balaban J connectivity index is 1.66. The van der Waals surface area contributed by atoms with Crippen LogP contribution >= 0.6 is 11.5 Å². The molecule has 0 saturated heterocycles. The zero-order valence-electron chi connectivity index (χ0n) is 16.5. The van der Waals surface area contributed by atoms with Gasteiger partial charge in [0.05, 0.1) is 11.7 Å². The fourth-order valence-corrected chi connectivity index (χ4v) is 4.88. The first-order valence-electron chi connectivity index (χ1n) is 9.54. The molecule has 3 aromatic rings. The van der Waals surface area contributed by atoms with Crippen molar-refractivity contribution in [3.8, 4) is 33.8 Å². The summed E-state index contributed by atoms with van der Waals surface area (Å²) < 4.78 is 35.0. The first-order chi connectivity index (χ1) is 14.5. The maximum absolute atomic E-state index is 11.1. The van der Waals surface area contributed by atoms with E-state index in [2.05, 4.69) is 15.2 Å². The van der Waals surface area contributed by atoms with Crippen molar-refractivity contribution in [3.05, 3.63) is 53.1 Å². The Morgan fingerprint density at radius 3 is 2.87 bits per heavy atom. The molecule has 0 amide bonds. The number of rotatable bonds is 6. The van der Waals surface area contributed by atoms with Gasteiger partial charge in [0, 0.05) is 17.2 Å². The van der Waals surface area contributed by atoms with Gasteiger partial charge in [0.2, 0.25) is 10.9 Å². The van der Waals surface area contributed by atoms with E-state index in [1.807, 2.05) is 38.1 Å². The average Bonchev–Trinajstić information content (AvgIpc) is 3.35. The number of nitrogens with one attached hydrogen (secondary N) is 1. The minimum Gasteiger partial charge on any atom is -0.490 e. The van der Waals surface area contributed by atoms with E-state index in [1.54, 1.807) is 12.1 Å². The average molecular weight is 441 g/mol. The van der Waals surface area contributed by atoms with Crippen molar-refractivity contribution < 1.29 is 13.2 Å². The van der Waals surface area contributed by atoms with Gasteiger partial charge in [-0.1, -0.05) is 18.2 Å². The van der Waals surface area contributed by atoms with Gasteiger partial charge in [-0.05, 0) is 67.5 Å². The van der Waals surface area contributed by atoms with Gasteiger partial charge in [-0.3, -0.25) is 0 Å². The molecular formula is C21H20N4O3S2. The van der Waals surface area contributed by atoms with E-state index in [1.165, 1.54) is 11.5 Å². The summed E-state index contributed by atoms with van der Waals surface area (Å²) in [5, 5.41) is 10.2. The van der Waals surface area contributed by atoms with Crippen molar-refractivity contribution in [1.29, 1.82) is 5.26 Å². The topological polar surface area (TPSA) is 105 Å². The Hall–Kier alpha value is -2.80. The number of nitrogens with zero attached hydrogens (tertiary/aromatic N) is 3. The van der Waals surface area contributed by atoms with Crippen molar-refractivity contribution in [1.82, 2.24) is 14.1 Å². The third kappa shape index (κ3) is 4.07. The van der Waals surface area contributed by atoms with Crippen LogP contribution in [-0.4, -0.2) is 23.9 Å². The molecule has 1 aliphatic rings. The summed E-state index contributed by atoms with van der Waals surface area (Å²) >= 11 is 1.27. The maximum atomic E-state index is 11.1. The molecule has 1 atom stereocenters. The van der Waals surface area contributed by atoms with Gasteiger partial charge in [0.1, 0.15) is 16.8 Å². The lowest BCUT2D eigenvalue weighted by Crippen LogP contribution is -2.16. The lowest BCUT2D eigenvalue weighted by atomic mass is 10.0. The SMILES string of the molecule is CC(C)Oc1ccc(-c2nc(-c3cccc4c3CC[C@@H]4N[SH](=O)=O)ns2)cc1C#N. The molecule has 154 valence electrons.